The molecule has 1 fully saturated rings. The van der Waals surface area contributed by atoms with Crippen LogP contribution in [0, 0.1) is 0 Å². The molecule has 31 heavy (non-hydrogen) atoms. The summed E-state index contributed by atoms with van der Waals surface area (Å²) in [7, 11) is 0. The second-order valence-electron chi connectivity index (χ2n) is 8.97. The molecule has 3 amide bonds. The summed E-state index contributed by atoms with van der Waals surface area (Å²) in [5.74, 6) is 0.709. The number of anilines is 1. The van der Waals surface area contributed by atoms with Crippen molar-refractivity contribution in [1.82, 2.24) is 10.2 Å². The van der Waals surface area contributed by atoms with Gasteiger partial charge in [-0.25, -0.2) is 4.79 Å². The van der Waals surface area contributed by atoms with Crippen LogP contribution in [0.1, 0.15) is 52.9 Å². The van der Waals surface area contributed by atoms with Gasteiger partial charge in [-0.3, -0.25) is 9.59 Å². The Kier molecular flexibility index (Phi) is 7.86. The second kappa shape index (κ2) is 10.4. The van der Waals surface area contributed by atoms with Crippen molar-refractivity contribution >= 4 is 35.4 Å². The van der Waals surface area contributed by atoms with Gasteiger partial charge in [-0.05, 0) is 52.2 Å². The van der Waals surface area contributed by atoms with Crippen molar-refractivity contribution in [2.75, 3.05) is 30.3 Å². The molecule has 0 aromatic heterocycles. The van der Waals surface area contributed by atoms with Crippen molar-refractivity contribution in [3.63, 3.8) is 0 Å². The Balaban J connectivity index is 1.37. The number of hydrogen-bond acceptors (Lipinski definition) is 5. The second-order valence-corrected chi connectivity index (χ2v) is 10.1. The molecular weight excluding hydrogens is 414 g/mol. The molecule has 0 spiro atoms. The third-order valence-electron chi connectivity index (χ3n) is 5.11. The van der Waals surface area contributed by atoms with Gasteiger partial charge in [-0.1, -0.05) is 12.1 Å². The predicted molar refractivity (Wildman–Crippen MR) is 122 cm³/mol. The molecule has 170 valence electrons. The Bertz CT molecular complexity index is 804. The standard InChI is InChI=1S/C23H33N3O4S/c1-23(2,3)30-22(29)25(17-9-10-17)14-6-13-24-20(27)11-12-21(28)26-15-16-31-19-8-5-4-7-18(19)26/h4-5,7-8,17H,6,9-16H2,1-3H3,(H,24,27). The van der Waals surface area contributed by atoms with Crippen molar-refractivity contribution in [3.8, 4) is 0 Å². The summed E-state index contributed by atoms with van der Waals surface area (Å²) in [5.41, 5.74) is 0.421. The molecule has 1 aliphatic carbocycles. The van der Waals surface area contributed by atoms with E-state index in [0.717, 1.165) is 29.2 Å². The highest BCUT2D eigenvalue weighted by molar-refractivity contribution is 7.99. The van der Waals surface area contributed by atoms with Crippen molar-refractivity contribution in [2.45, 2.75) is 69.4 Å². The van der Waals surface area contributed by atoms with E-state index < -0.39 is 5.60 Å². The zero-order valence-electron chi connectivity index (χ0n) is 18.7. The molecule has 1 N–H and O–H groups in total. The van der Waals surface area contributed by atoms with Crippen LogP contribution in [-0.2, 0) is 14.3 Å². The Morgan fingerprint density at radius 3 is 2.65 bits per heavy atom. The maximum absolute atomic E-state index is 12.6. The van der Waals surface area contributed by atoms with Crippen LogP contribution in [0.5, 0.6) is 0 Å². The van der Waals surface area contributed by atoms with Crippen molar-refractivity contribution in [3.05, 3.63) is 24.3 Å². The lowest BCUT2D eigenvalue weighted by atomic mass is 10.2. The average molecular weight is 448 g/mol. The van der Waals surface area contributed by atoms with Gasteiger partial charge in [-0.15, -0.1) is 11.8 Å². The number of para-hydroxylation sites is 1. The first kappa shape index (κ1) is 23.4. The van der Waals surface area contributed by atoms with Crippen LogP contribution in [0.4, 0.5) is 10.5 Å². The smallest absolute Gasteiger partial charge is 0.410 e. The van der Waals surface area contributed by atoms with E-state index in [1.54, 1.807) is 21.6 Å². The SMILES string of the molecule is CC(C)(C)OC(=O)N(CCCNC(=O)CCC(=O)N1CCSc2ccccc21)C1CC1. The summed E-state index contributed by atoms with van der Waals surface area (Å²) in [6, 6.07) is 8.14. The minimum Gasteiger partial charge on any atom is -0.444 e. The van der Waals surface area contributed by atoms with Gasteiger partial charge in [0.15, 0.2) is 0 Å². The fraction of sp³-hybridized carbons (Fsp3) is 0.609. The van der Waals surface area contributed by atoms with E-state index >= 15 is 0 Å². The molecule has 7 nitrogen and oxygen atoms in total. The van der Waals surface area contributed by atoms with Gasteiger partial charge in [-0.2, -0.15) is 0 Å². The molecule has 1 aromatic carbocycles. The summed E-state index contributed by atoms with van der Waals surface area (Å²) in [4.78, 5) is 41.9. The molecule has 0 bridgehead atoms. The molecule has 1 heterocycles. The third-order valence-corrected chi connectivity index (χ3v) is 6.15. The van der Waals surface area contributed by atoms with Crippen molar-refractivity contribution in [1.29, 1.82) is 0 Å². The van der Waals surface area contributed by atoms with Crippen LogP contribution in [0.15, 0.2) is 29.2 Å². The van der Waals surface area contributed by atoms with E-state index in [2.05, 4.69) is 5.32 Å². The lowest BCUT2D eigenvalue weighted by Gasteiger charge is -2.29. The number of fused-ring (bicyclic) bond motifs is 1. The molecule has 8 heteroatoms. The molecule has 0 saturated heterocycles. The van der Waals surface area contributed by atoms with Crippen LogP contribution in [0.2, 0.25) is 0 Å². The van der Waals surface area contributed by atoms with Gasteiger partial charge in [0.1, 0.15) is 5.60 Å². The summed E-state index contributed by atoms with van der Waals surface area (Å²) in [6.07, 6.45) is 2.75. The maximum atomic E-state index is 12.6. The minimum atomic E-state index is -0.515. The molecule has 0 radical (unpaired) electrons. The molecule has 0 atom stereocenters. The number of carbonyl (C=O) groups excluding carboxylic acids is 3. The molecule has 2 aliphatic rings. The van der Waals surface area contributed by atoms with E-state index in [0.29, 0.717) is 26.1 Å². The Morgan fingerprint density at radius 2 is 1.94 bits per heavy atom. The van der Waals surface area contributed by atoms with Gasteiger partial charge in [0.05, 0.1) is 5.69 Å². The molecular formula is C23H33N3O4S. The average Bonchev–Trinajstić information content (AvgIpc) is 3.55. The number of carbonyl (C=O) groups is 3. The van der Waals surface area contributed by atoms with Crippen molar-refractivity contribution in [2.24, 2.45) is 0 Å². The van der Waals surface area contributed by atoms with E-state index in [1.165, 1.54) is 0 Å². The number of nitrogens with one attached hydrogen (secondary N) is 1. The first-order valence-corrected chi connectivity index (χ1v) is 12.0. The number of hydrogen-bond donors (Lipinski definition) is 1. The minimum absolute atomic E-state index is 0.0206. The lowest BCUT2D eigenvalue weighted by molar-refractivity contribution is -0.125. The van der Waals surface area contributed by atoms with E-state index in [4.69, 9.17) is 4.74 Å². The number of benzene rings is 1. The Labute approximate surface area is 188 Å². The zero-order valence-corrected chi connectivity index (χ0v) is 19.5. The van der Waals surface area contributed by atoms with Gasteiger partial charge in [0.2, 0.25) is 11.8 Å². The highest BCUT2D eigenvalue weighted by Crippen LogP contribution is 2.34. The van der Waals surface area contributed by atoms with Gasteiger partial charge < -0.3 is 19.9 Å². The quantitative estimate of drug-likeness (QED) is 0.613. The fourth-order valence-electron chi connectivity index (χ4n) is 3.48. The Hall–Kier alpha value is -2.22. The maximum Gasteiger partial charge on any atom is 0.410 e. The van der Waals surface area contributed by atoms with Crippen LogP contribution in [0.3, 0.4) is 0 Å². The molecule has 0 unspecified atom stereocenters. The summed E-state index contributed by atoms with van der Waals surface area (Å²) in [5, 5.41) is 2.87. The van der Waals surface area contributed by atoms with Gasteiger partial charge >= 0.3 is 6.09 Å². The highest BCUT2D eigenvalue weighted by atomic mass is 32.2. The number of ether oxygens (including phenoxy) is 1. The van der Waals surface area contributed by atoms with E-state index in [1.807, 2.05) is 45.0 Å². The van der Waals surface area contributed by atoms with Crippen LogP contribution in [-0.4, -0.2) is 59.8 Å². The first-order valence-electron chi connectivity index (χ1n) is 11.0. The summed E-state index contributed by atoms with van der Waals surface area (Å²) >= 11 is 1.75. The number of amides is 3. The number of nitrogens with zero attached hydrogens (tertiary/aromatic N) is 2. The molecule has 1 saturated carbocycles. The zero-order chi connectivity index (χ0) is 22.4. The summed E-state index contributed by atoms with van der Waals surface area (Å²) in [6.45, 7) is 7.28. The van der Waals surface area contributed by atoms with E-state index in [9.17, 15) is 14.4 Å². The molecule has 3 rings (SSSR count). The first-order chi connectivity index (χ1) is 14.7. The predicted octanol–water partition coefficient (Wildman–Crippen LogP) is 3.81. The van der Waals surface area contributed by atoms with Crippen molar-refractivity contribution < 1.29 is 19.1 Å². The van der Waals surface area contributed by atoms with Crippen LogP contribution < -0.4 is 10.2 Å². The van der Waals surface area contributed by atoms with Gasteiger partial charge in [0.25, 0.3) is 0 Å². The normalized spacial score (nSPS) is 15.8. The van der Waals surface area contributed by atoms with Gasteiger partial charge in [0, 0.05) is 49.2 Å². The van der Waals surface area contributed by atoms with Crippen LogP contribution >= 0.6 is 11.8 Å². The summed E-state index contributed by atoms with van der Waals surface area (Å²) < 4.78 is 5.48. The lowest BCUT2D eigenvalue weighted by Crippen LogP contribution is -2.40. The largest absolute Gasteiger partial charge is 0.444 e. The fourth-order valence-corrected chi connectivity index (χ4v) is 4.47. The molecule has 1 aromatic rings. The highest BCUT2D eigenvalue weighted by Gasteiger charge is 2.34. The molecule has 1 aliphatic heterocycles. The third kappa shape index (κ3) is 7.16. The number of thioether (sulfide) groups is 1. The Morgan fingerprint density at radius 1 is 1.19 bits per heavy atom. The monoisotopic (exact) mass is 447 g/mol. The van der Waals surface area contributed by atoms with Crippen LogP contribution in [0.25, 0.3) is 0 Å². The number of rotatable bonds is 8. The topological polar surface area (TPSA) is 79.0 Å². The van der Waals surface area contributed by atoms with E-state index in [-0.39, 0.29) is 36.8 Å².